The Morgan fingerprint density at radius 3 is 2.67 bits per heavy atom. The molecule has 1 saturated heterocycles. The molecule has 21 heavy (non-hydrogen) atoms. The molecule has 116 valence electrons. The molecule has 3 heteroatoms. The molecule has 2 nitrogen and oxygen atoms in total. The molecule has 1 aromatic heterocycles. The lowest BCUT2D eigenvalue weighted by Crippen LogP contribution is -2.59. The summed E-state index contributed by atoms with van der Waals surface area (Å²) in [5.74, 6) is 1.91. The Bertz CT molecular complexity index is 434. The summed E-state index contributed by atoms with van der Waals surface area (Å²) in [6.45, 7) is 3.69. The lowest BCUT2D eigenvalue weighted by atomic mass is 9.82. The van der Waals surface area contributed by atoms with E-state index < -0.39 is 0 Å². The Balaban J connectivity index is 1.46. The van der Waals surface area contributed by atoms with Gasteiger partial charge in [-0.3, -0.25) is 4.90 Å². The molecule has 4 rings (SSSR count). The average Bonchev–Trinajstić information content (AvgIpc) is 3.26. The van der Waals surface area contributed by atoms with Gasteiger partial charge in [0.05, 0.1) is 0 Å². The highest BCUT2D eigenvalue weighted by Crippen LogP contribution is 2.37. The molecule has 1 aliphatic heterocycles. The molecule has 1 N–H and O–H groups in total. The van der Waals surface area contributed by atoms with E-state index in [1.807, 2.05) is 11.3 Å². The monoisotopic (exact) mass is 304 g/mol. The SMILES string of the molecule is c1cc(CN2CC(C3CC3)NCC2C2CCCCC2)cs1. The highest BCUT2D eigenvalue weighted by molar-refractivity contribution is 7.07. The Kier molecular flexibility index (Phi) is 4.33. The first-order valence-corrected chi connectivity index (χ1v) is 9.83. The van der Waals surface area contributed by atoms with Crippen LogP contribution in [0.25, 0.3) is 0 Å². The van der Waals surface area contributed by atoms with Crippen LogP contribution in [0.2, 0.25) is 0 Å². The number of hydrogen-bond acceptors (Lipinski definition) is 3. The zero-order chi connectivity index (χ0) is 14.1. The number of nitrogens with one attached hydrogen (secondary N) is 1. The summed E-state index contributed by atoms with van der Waals surface area (Å²) in [7, 11) is 0. The maximum atomic E-state index is 3.90. The van der Waals surface area contributed by atoms with E-state index >= 15 is 0 Å². The van der Waals surface area contributed by atoms with Crippen LogP contribution in [0.3, 0.4) is 0 Å². The predicted octanol–water partition coefficient (Wildman–Crippen LogP) is 3.88. The number of hydrogen-bond donors (Lipinski definition) is 1. The molecule has 1 aromatic rings. The fourth-order valence-electron chi connectivity index (χ4n) is 4.45. The first-order chi connectivity index (χ1) is 10.4. The zero-order valence-corrected chi connectivity index (χ0v) is 13.8. The lowest BCUT2D eigenvalue weighted by Gasteiger charge is -2.45. The van der Waals surface area contributed by atoms with Gasteiger partial charge in [0.1, 0.15) is 0 Å². The van der Waals surface area contributed by atoms with Gasteiger partial charge < -0.3 is 5.32 Å². The second kappa shape index (κ2) is 6.39. The topological polar surface area (TPSA) is 15.3 Å². The van der Waals surface area contributed by atoms with Gasteiger partial charge in [-0.05, 0) is 59.9 Å². The number of piperazine rings is 1. The minimum absolute atomic E-state index is 0.767. The first-order valence-electron chi connectivity index (χ1n) is 8.88. The van der Waals surface area contributed by atoms with Crippen LogP contribution in [-0.2, 0) is 6.54 Å². The van der Waals surface area contributed by atoms with Crippen LogP contribution in [0.1, 0.15) is 50.5 Å². The summed E-state index contributed by atoms with van der Waals surface area (Å²) >= 11 is 1.84. The third-order valence-electron chi connectivity index (χ3n) is 5.84. The summed E-state index contributed by atoms with van der Waals surface area (Å²) in [6, 6.07) is 3.86. The van der Waals surface area contributed by atoms with Crippen LogP contribution < -0.4 is 5.32 Å². The van der Waals surface area contributed by atoms with Gasteiger partial charge in [0.2, 0.25) is 0 Å². The molecular formula is C18H28N2S. The van der Waals surface area contributed by atoms with E-state index in [0.29, 0.717) is 0 Å². The summed E-state index contributed by atoms with van der Waals surface area (Å²) in [5, 5.41) is 8.47. The standard InChI is InChI=1S/C18H28N2S/c1-2-4-16(5-3-1)18-10-19-17(15-6-7-15)12-20(18)11-14-8-9-21-13-14/h8-9,13,15-19H,1-7,10-12H2. The fraction of sp³-hybridized carbons (Fsp3) is 0.778. The molecule has 2 aliphatic carbocycles. The van der Waals surface area contributed by atoms with Gasteiger partial charge in [0.15, 0.2) is 0 Å². The van der Waals surface area contributed by atoms with Crippen molar-refractivity contribution in [3.8, 4) is 0 Å². The molecule has 3 fully saturated rings. The van der Waals surface area contributed by atoms with Crippen molar-refractivity contribution in [2.45, 2.75) is 63.6 Å². The minimum Gasteiger partial charge on any atom is -0.311 e. The molecular weight excluding hydrogens is 276 g/mol. The molecule has 2 saturated carbocycles. The number of rotatable bonds is 4. The van der Waals surface area contributed by atoms with E-state index in [9.17, 15) is 0 Å². The van der Waals surface area contributed by atoms with Crippen LogP contribution in [0, 0.1) is 11.8 Å². The predicted molar refractivity (Wildman–Crippen MR) is 89.6 cm³/mol. The van der Waals surface area contributed by atoms with Crippen LogP contribution >= 0.6 is 11.3 Å². The van der Waals surface area contributed by atoms with E-state index in [1.165, 1.54) is 70.1 Å². The molecule has 0 aromatic carbocycles. The molecule has 0 radical (unpaired) electrons. The molecule has 0 amide bonds. The van der Waals surface area contributed by atoms with Crippen LogP contribution in [0.15, 0.2) is 16.8 Å². The second-order valence-corrected chi connectivity index (χ2v) is 8.16. The van der Waals surface area contributed by atoms with E-state index in [0.717, 1.165) is 23.9 Å². The highest BCUT2D eigenvalue weighted by Gasteiger charge is 2.39. The molecule has 2 unspecified atom stereocenters. The normalized spacial score (nSPS) is 32.4. The van der Waals surface area contributed by atoms with Crippen LogP contribution in [0.5, 0.6) is 0 Å². The zero-order valence-electron chi connectivity index (χ0n) is 13.0. The Hall–Kier alpha value is -0.380. The average molecular weight is 305 g/mol. The number of thiophene rings is 1. The van der Waals surface area contributed by atoms with Gasteiger partial charge in [0, 0.05) is 31.7 Å². The van der Waals surface area contributed by atoms with Gasteiger partial charge in [0.25, 0.3) is 0 Å². The molecule has 2 heterocycles. The quantitative estimate of drug-likeness (QED) is 0.908. The van der Waals surface area contributed by atoms with E-state index in [1.54, 1.807) is 0 Å². The summed E-state index contributed by atoms with van der Waals surface area (Å²) in [4.78, 5) is 2.83. The minimum atomic E-state index is 0.767. The number of nitrogens with zero attached hydrogens (tertiary/aromatic N) is 1. The second-order valence-electron chi connectivity index (χ2n) is 7.38. The van der Waals surface area contributed by atoms with E-state index in [2.05, 4.69) is 27.0 Å². The smallest absolute Gasteiger partial charge is 0.0253 e. The van der Waals surface area contributed by atoms with Gasteiger partial charge >= 0.3 is 0 Å². The molecule has 2 atom stereocenters. The highest BCUT2D eigenvalue weighted by atomic mass is 32.1. The molecule has 3 aliphatic rings. The van der Waals surface area contributed by atoms with Crippen molar-refractivity contribution in [2.24, 2.45) is 11.8 Å². The van der Waals surface area contributed by atoms with Crippen molar-refractivity contribution >= 4 is 11.3 Å². The lowest BCUT2D eigenvalue weighted by molar-refractivity contribution is 0.0608. The van der Waals surface area contributed by atoms with Gasteiger partial charge in [-0.25, -0.2) is 0 Å². The van der Waals surface area contributed by atoms with Crippen LogP contribution in [0.4, 0.5) is 0 Å². The van der Waals surface area contributed by atoms with Crippen molar-refractivity contribution in [3.63, 3.8) is 0 Å². The Morgan fingerprint density at radius 1 is 1.10 bits per heavy atom. The Labute approximate surface area is 132 Å². The first kappa shape index (κ1) is 14.2. The van der Waals surface area contributed by atoms with Crippen molar-refractivity contribution in [1.29, 1.82) is 0 Å². The third kappa shape index (κ3) is 3.35. The maximum Gasteiger partial charge on any atom is 0.0253 e. The summed E-state index contributed by atoms with van der Waals surface area (Å²) in [6.07, 6.45) is 10.2. The Morgan fingerprint density at radius 2 is 1.95 bits per heavy atom. The molecule has 0 spiro atoms. The van der Waals surface area contributed by atoms with Crippen LogP contribution in [-0.4, -0.2) is 30.1 Å². The maximum absolute atomic E-state index is 3.90. The summed E-state index contributed by atoms with van der Waals surface area (Å²) < 4.78 is 0. The van der Waals surface area contributed by atoms with Crippen molar-refractivity contribution < 1.29 is 0 Å². The van der Waals surface area contributed by atoms with Gasteiger partial charge in [-0.1, -0.05) is 19.3 Å². The third-order valence-corrected chi connectivity index (χ3v) is 6.57. The van der Waals surface area contributed by atoms with Gasteiger partial charge in [-0.2, -0.15) is 11.3 Å². The van der Waals surface area contributed by atoms with Crippen molar-refractivity contribution in [1.82, 2.24) is 10.2 Å². The summed E-state index contributed by atoms with van der Waals surface area (Å²) in [5.41, 5.74) is 1.53. The van der Waals surface area contributed by atoms with Crippen molar-refractivity contribution in [3.05, 3.63) is 22.4 Å². The fourth-order valence-corrected chi connectivity index (χ4v) is 5.11. The molecule has 0 bridgehead atoms. The van der Waals surface area contributed by atoms with E-state index in [-0.39, 0.29) is 0 Å². The van der Waals surface area contributed by atoms with E-state index in [4.69, 9.17) is 0 Å². The van der Waals surface area contributed by atoms with Gasteiger partial charge in [-0.15, -0.1) is 0 Å². The van der Waals surface area contributed by atoms with Crippen molar-refractivity contribution in [2.75, 3.05) is 13.1 Å². The largest absolute Gasteiger partial charge is 0.311 e.